The maximum atomic E-state index is 7.75. The Morgan fingerprint density at radius 1 is 0.706 bits per heavy atom. The van der Waals surface area contributed by atoms with Crippen molar-refractivity contribution in [1.29, 1.82) is 0 Å². The molecule has 4 heterocycles. The van der Waals surface area contributed by atoms with Crippen molar-refractivity contribution < 1.29 is 33.1 Å². The van der Waals surface area contributed by atoms with Gasteiger partial charge >= 0.3 is 0 Å². The van der Waals surface area contributed by atoms with Crippen LogP contribution in [0.15, 0.2) is 124 Å². The van der Waals surface area contributed by atoms with Crippen LogP contribution in [0.25, 0.3) is 72.4 Å². The Labute approximate surface area is 314 Å². The summed E-state index contributed by atoms with van der Waals surface area (Å²) in [5, 5.41) is 1.69. The molecule has 6 nitrogen and oxygen atoms in total. The number of furan rings is 1. The zero-order chi connectivity index (χ0) is 36.9. The predicted molar refractivity (Wildman–Crippen MR) is 202 cm³/mol. The third kappa shape index (κ3) is 6.18. The van der Waals surface area contributed by atoms with Gasteiger partial charge in [-0.15, -0.1) is 54.1 Å². The van der Waals surface area contributed by atoms with Gasteiger partial charge in [-0.05, 0) is 59.0 Å². The number of hydrogen-bond acceptors (Lipinski definition) is 5. The van der Waals surface area contributed by atoms with Crippen molar-refractivity contribution in [2.45, 2.75) is 46.4 Å². The molecule has 9 rings (SSSR count). The maximum Gasteiger partial charge on any atom is 0.192 e. The zero-order valence-corrected chi connectivity index (χ0v) is 31.0. The normalized spacial score (nSPS) is 12.5. The molecule has 9 aromatic rings. The van der Waals surface area contributed by atoms with Gasteiger partial charge in [0, 0.05) is 48.3 Å². The van der Waals surface area contributed by atoms with Crippen molar-refractivity contribution in [2.24, 2.45) is 0 Å². The van der Waals surface area contributed by atoms with E-state index in [1.54, 1.807) is 12.3 Å². The van der Waals surface area contributed by atoms with Gasteiger partial charge in [0.1, 0.15) is 0 Å². The summed E-state index contributed by atoms with van der Waals surface area (Å²) in [6.07, 6.45) is 1.79. The molecular formula is C44H36IrN4O2-2. The molecule has 0 aliphatic heterocycles. The summed E-state index contributed by atoms with van der Waals surface area (Å²) >= 11 is 0. The van der Waals surface area contributed by atoms with E-state index in [-0.39, 0.29) is 37.8 Å². The Hall–Kier alpha value is -5.36. The smallest absolute Gasteiger partial charge is 0.192 e. The summed E-state index contributed by atoms with van der Waals surface area (Å²) in [6, 6.07) is 42.4. The van der Waals surface area contributed by atoms with Gasteiger partial charge in [-0.25, -0.2) is 4.98 Å². The molecule has 5 aromatic carbocycles. The number of pyridine rings is 1. The molecule has 0 saturated carbocycles. The standard InChI is InChI=1S/C33H28N3O2.C11H8N.Ir/c1-18(2)21-10-8-11-22(19(3)4)30(21)36-27-15-7-6-14-26(27)35-33(36)25-13-9-12-23-24-16-17-28-29(34-20(5)37-28)32(24)38-31(23)25;1-2-6-10(7-3-1)11-8-4-5-9-12-11;/h6-12,14-19H,1-5H3;1-6,8-9H;/q2*-1;/i5D3;;. The molecule has 0 unspecified atom stereocenters. The topological polar surface area (TPSA) is 69.9 Å². The summed E-state index contributed by atoms with van der Waals surface area (Å²) < 4.78 is 37.6. The van der Waals surface area contributed by atoms with Gasteiger partial charge in [0.15, 0.2) is 22.6 Å². The molecule has 0 amide bonds. The molecule has 51 heavy (non-hydrogen) atoms. The molecule has 255 valence electrons. The predicted octanol–water partition coefficient (Wildman–Crippen LogP) is 11.6. The average Bonchev–Trinajstić information content (AvgIpc) is 3.89. The number of benzene rings is 5. The largest absolute Gasteiger partial charge is 0.498 e. The number of aryl methyl sites for hydroxylation is 1. The first-order chi connectivity index (χ1) is 25.6. The molecule has 7 heteroatoms. The fourth-order valence-electron chi connectivity index (χ4n) is 6.62. The number of rotatable bonds is 5. The Balaban J connectivity index is 0.000000294. The number of fused-ring (bicyclic) bond motifs is 6. The third-order valence-corrected chi connectivity index (χ3v) is 8.96. The van der Waals surface area contributed by atoms with E-state index >= 15 is 0 Å². The van der Waals surface area contributed by atoms with Crippen molar-refractivity contribution in [3.05, 3.63) is 145 Å². The average molecular weight is 848 g/mol. The molecule has 0 spiro atoms. The Morgan fingerprint density at radius 2 is 1.47 bits per heavy atom. The minimum absolute atomic E-state index is 0. The first kappa shape index (κ1) is 30.5. The number of aromatic nitrogens is 4. The first-order valence-corrected chi connectivity index (χ1v) is 16.8. The van der Waals surface area contributed by atoms with Crippen molar-refractivity contribution in [2.75, 3.05) is 0 Å². The second-order valence-corrected chi connectivity index (χ2v) is 12.9. The van der Waals surface area contributed by atoms with E-state index in [1.807, 2.05) is 78.9 Å². The SMILES string of the molecule is [2H]C([2H])([2H])c1nc2c(ccc3c4cc[c-]c(-c5nc6ccccc6n5-c5c(C(C)C)cccc5C(C)C)c4oc32)o1.[Ir].[c-]1ccccc1-c1ccccn1. The van der Waals surface area contributed by atoms with Crippen LogP contribution in [0, 0.1) is 19.0 Å². The molecule has 0 fully saturated rings. The second-order valence-electron chi connectivity index (χ2n) is 12.9. The minimum atomic E-state index is -2.46. The molecule has 0 aliphatic rings. The Morgan fingerprint density at radius 3 is 2.20 bits per heavy atom. The van der Waals surface area contributed by atoms with Gasteiger partial charge < -0.3 is 18.4 Å². The van der Waals surface area contributed by atoms with Gasteiger partial charge in [-0.1, -0.05) is 81.1 Å². The van der Waals surface area contributed by atoms with Crippen molar-refractivity contribution in [1.82, 2.24) is 19.5 Å². The van der Waals surface area contributed by atoms with Crippen LogP contribution in [0.1, 0.15) is 60.7 Å². The second kappa shape index (κ2) is 14.1. The summed E-state index contributed by atoms with van der Waals surface area (Å²) in [5.41, 5.74) is 10.0. The molecule has 4 aromatic heterocycles. The van der Waals surface area contributed by atoms with E-state index in [0.717, 1.165) is 50.1 Å². The third-order valence-electron chi connectivity index (χ3n) is 8.96. The monoisotopic (exact) mass is 848 g/mol. The number of nitrogens with zero attached hydrogens (tertiary/aromatic N) is 4. The fourth-order valence-corrected chi connectivity index (χ4v) is 6.62. The number of para-hydroxylation sites is 3. The first-order valence-electron chi connectivity index (χ1n) is 18.3. The van der Waals surface area contributed by atoms with Crippen molar-refractivity contribution in [3.63, 3.8) is 0 Å². The quantitative estimate of drug-likeness (QED) is 0.161. The van der Waals surface area contributed by atoms with Crippen LogP contribution in [0.3, 0.4) is 0 Å². The van der Waals surface area contributed by atoms with Gasteiger partial charge in [0.2, 0.25) is 0 Å². The zero-order valence-electron chi connectivity index (χ0n) is 31.6. The molecule has 0 N–H and O–H groups in total. The fraction of sp³-hybridized carbons (Fsp3) is 0.159. The van der Waals surface area contributed by atoms with Gasteiger partial charge in [-0.2, -0.15) is 0 Å². The Kier molecular flexibility index (Phi) is 8.42. The van der Waals surface area contributed by atoms with Crippen LogP contribution in [-0.4, -0.2) is 19.5 Å². The van der Waals surface area contributed by atoms with E-state index in [2.05, 4.69) is 78.6 Å². The van der Waals surface area contributed by atoms with Crippen LogP contribution in [-0.2, 0) is 20.1 Å². The van der Waals surface area contributed by atoms with Gasteiger partial charge in [0.05, 0.1) is 22.4 Å². The summed E-state index contributed by atoms with van der Waals surface area (Å²) in [6.45, 7) is 6.39. The van der Waals surface area contributed by atoms with Crippen LogP contribution < -0.4 is 0 Å². The van der Waals surface area contributed by atoms with Crippen molar-refractivity contribution in [3.8, 4) is 28.3 Å². The Bertz CT molecular complexity index is 2670. The van der Waals surface area contributed by atoms with E-state index < -0.39 is 6.85 Å². The van der Waals surface area contributed by atoms with Crippen LogP contribution >= 0.6 is 0 Å². The molecule has 0 saturated heterocycles. The molecule has 1 radical (unpaired) electrons. The van der Waals surface area contributed by atoms with Crippen LogP contribution in [0.5, 0.6) is 0 Å². The van der Waals surface area contributed by atoms with Crippen molar-refractivity contribution >= 4 is 44.1 Å². The van der Waals surface area contributed by atoms with E-state index in [4.69, 9.17) is 17.9 Å². The summed E-state index contributed by atoms with van der Waals surface area (Å²) in [4.78, 5) is 13.7. The summed E-state index contributed by atoms with van der Waals surface area (Å²) in [5.74, 6) is 0.999. The molecule has 0 bridgehead atoms. The number of imidazole rings is 1. The van der Waals surface area contributed by atoms with Gasteiger partial charge in [-0.3, -0.25) is 4.98 Å². The van der Waals surface area contributed by atoms with E-state index in [9.17, 15) is 0 Å². The number of oxazole rings is 1. The van der Waals surface area contributed by atoms with Crippen LogP contribution in [0.2, 0.25) is 0 Å². The minimum Gasteiger partial charge on any atom is -0.498 e. The molecule has 0 atom stereocenters. The molecular weight excluding hydrogens is 809 g/mol. The maximum absolute atomic E-state index is 7.75. The van der Waals surface area contributed by atoms with Gasteiger partial charge in [0.25, 0.3) is 0 Å². The molecule has 0 aliphatic carbocycles. The van der Waals surface area contributed by atoms with E-state index in [0.29, 0.717) is 22.3 Å². The number of hydrogen-bond donors (Lipinski definition) is 0. The summed E-state index contributed by atoms with van der Waals surface area (Å²) in [7, 11) is 0. The van der Waals surface area contributed by atoms with E-state index in [1.165, 1.54) is 11.1 Å². The van der Waals surface area contributed by atoms with Crippen LogP contribution in [0.4, 0.5) is 0 Å².